The monoisotopic (exact) mass is 321 g/mol. The summed E-state index contributed by atoms with van der Waals surface area (Å²) >= 11 is 12.0. The average Bonchev–Trinajstić information content (AvgIpc) is 2.76. The Hall–Kier alpha value is -1.85. The molecule has 1 N–H and O–H groups in total. The Morgan fingerprint density at radius 3 is 2.81 bits per heavy atom. The van der Waals surface area contributed by atoms with Crippen LogP contribution in [0.25, 0.3) is 5.65 Å². The molecular weight excluding hydrogens is 309 g/mol. The molecule has 0 aliphatic heterocycles. The maximum atomic E-state index is 6.11. The number of hydrogen-bond donors (Lipinski definition) is 1. The summed E-state index contributed by atoms with van der Waals surface area (Å²) in [6.07, 6.45) is 3.75. The Kier molecular flexibility index (Phi) is 3.69. The maximum absolute atomic E-state index is 6.11. The van der Waals surface area contributed by atoms with Crippen LogP contribution < -0.4 is 5.32 Å². The van der Waals surface area contributed by atoms with E-state index < -0.39 is 0 Å². The largest absolute Gasteiger partial charge is 0.378 e. The van der Waals surface area contributed by atoms with Crippen molar-refractivity contribution in [2.45, 2.75) is 20.4 Å². The Morgan fingerprint density at radius 1 is 1.24 bits per heavy atom. The number of aryl methyl sites for hydroxylation is 2. The smallest absolute Gasteiger partial charge is 0.155 e. The normalized spacial score (nSPS) is 11.0. The Balaban J connectivity index is 1.83. The van der Waals surface area contributed by atoms with E-state index in [-0.39, 0.29) is 0 Å². The predicted octanol–water partition coefficient (Wildman–Crippen LogP) is 3.66. The number of aromatic nitrogens is 4. The number of anilines is 1. The molecule has 0 aromatic carbocycles. The molecule has 0 aliphatic rings. The van der Waals surface area contributed by atoms with Gasteiger partial charge in [-0.25, -0.2) is 14.5 Å². The molecule has 0 saturated heterocycles. The Labute approximate surface area is 131 Å². The standard InChI is InChI=1S/C14H13Cl2N5/c1-8-3-11(15)19-14(16)13(8)18-6-10-5-17-12-4-9(2)20-21(12)7-10/h3-5,7,18H,6H2,1-2H3. The lowest BCUT2D eigenvalue weighted by atomic mass is 10.2. The van der Waals surface area contributed by atoms with Crippen LogP contribution in [0.5, 0.6) is 0 Å². The summed E-state index contributed by atoms with van der Waals surface area (Å²) in [4.78, 5) is 8.40. The maximum Gasteiger partial charge on any atom is 0.155 e. The summed E-state index contributed by atoms with van der Waals surface area (Å²) in [7, 11) is 0. The van der Waals surface area contributed by atoms with Crippen LogP contribution in [-0.4, -0.2) is 19.6 Å². The summed E-state index contributed by atoms with van der Waals surface area (Å²) in [5, 5.41) is 8.36. The number of pyridine rings is 1. The van der Waals surface area contributed by atoms with E-state index in [4.69, 9.17) is 23.2 Å². The summed E-state index contributed by atoms with van der Waals surface area (Å²) in [6.45, 7) is 4.45. The lowest BCUT2D eigenvalue weighted by Gasteiger charge is -2.11. The number of hydrogen-bond acceptors (Lipinski definition) is 4. The van der Waals surface area contributed by atoms with Crippen molar-refractivity contribution in [1.29, 1.82) is 0 Å². The molecule has 0 bridgehead atoms. The summed E-state index contributed by atoms with van der Waals surface area (Å²) < 4.78 is 1.76. The third-order valence-corrected chi connectivity index (χ3v) is 3.57. The fourth-order valence-electron chi connectivity index (χ4n) is 2.12. The molecule has 0 saturated carbocycles. The topological polar surface area (TPSA) is 55.1 Å². The average molecular weight is 322 g/mol. The van der Waals surface area contributed by atoms with Crippen LogP contribution >= 0.6 is 23.2 Å². The molecule has 0 radical (unpaired) electrons. The van der Waals surface area contributed by atoms with Crippen LogP contribution in [0.1, 0.15) is 16.8 Å². The van der Waals surface area contributed by atoms with Crippen molar-refractivity contribution < 1.29 is 0 Å². The Bertz CT molecular complexity index is 789. The van der Waals surface area contributed by atoms with E-state index in [1.165, 1.54) is 0 Å². The van der Waals surface area contributed by atoms with Crippen molar-refractivity contribution in [3.8, 4) is 0 Å². The van der Waals surface area contributed by atoms with Gasteiger partial charge in [0, 0.05) is 30.6 Å². The minimum absolute atomic E-state index is 0.365. The van der Waals surface area contributed by atoms with Crippen LogP contribution in [0.4, 0.5) is 5.69 Å². The zero-order valence-corrected chi connectivity index (χ0v) is 13.1. The number of fused-ring (bicyclic) bond motifs is 1. The van der Waals surface area contributed by atoms with E-state index in [2.05, 4.69) is 20.4 Å². The van der Waals surface area contributed by atoms with Gasteiger partial charge in [0.15, 0.2) is 10.8 Å². The number of nitrogens with zero attached hydrogens (tertiary/aromatic N) is 4. The molecular formula is C14H13Cl2N5. The highest BCUT2D eigenvalue weighted by Gasteiger charge is 2.08. The molecule has 0 fully saturated rings. The first-order valence-corrected chi connectivity index (χ1v) is 7.16. The van der Waals surface area contributed by atoms with Gasteiger partial charge in [0.2, 0.25) is 0 Å². The van der Waals surface area contributed by atoms with Gasteiger partial charge in [0.1, 0.15) is 5.15 Å². The van der Waals surface area contributed by atoms with Gasteiger partial charge < -0.3 is 5.32 Å². The molecule has 0 amide bonds. The second-order valence-electron chi connectivity index (χ2n) is 4.83. The third-order valence-electron chi connectivity index (χ3n) is 3.10. The van der Waals surface area contributed by atoms with E-state index in [0.717, 1.165) is 28.2 Å². The highest BCUT2D eigenvalue weighted by atomic mass is 35.5. The van der Waals surface area contributed by atoms with Crippen LogP contribution in [0.15, 0.2) is 24.5 Å². The first-order valence-electron chi connectivity index (χ1n) is 6.40. The summed E-state index contributed by atoms with van der Waals surface area (Å²) in [5.41, 5.74) is 4.49. The molecule has 0 unspecified atom stereocenters. The van der Waals surface area contributed by atoms with E-state index in [9.17, 15) is 0 Å². The minimum atomic E-state index is 0.365. The molecule has 3 aromatic heterocycles. The van der Waals surface area contributed by atoms with Crippen molar-refractivity contribution in [3.63, 3.8) is 0 Å². The van der Waals surface area contributed by atoms with Gasteiger partial charge in [0.05, 0.1) is 11.4 Å². The molecule has 7 heteroatoms. The third kappa shape index (κ3) is 2.94. The molecule has 0 aliphatic carbocycles. The van der Waals surface area contributed by atoms with Gasteiger partial charge in [-0.3, -0.25) is 0 Å². The van der Waals surface area contributed by atoms with Crippen molar-refractivity contribution in [1.82, 2.24) is 19.6 Å². The molecule has 108 valence electrons. The number of halogens is 2. The molecule has 3 rings (SSSR count). The van der Waals surface area contributed by atoms with E-state index in [1.807, 2.05) is 32.3 Å². The highest BCUT2D eigenvalue weighted by Crippen LogP contribution is 2.26. The van der Waals surface area contributed by atoms with Gasteiger partial charge in [-0.1, -0.05) is 23.2 Å². The van der Waals surface area contributed by atoms with Crippen molar-refractivity contribution >= 4 is 34.5 Å². The second-order valence-corrected chi connectivity index (χ2v) is 5.58. The van der Waals surface area contributed by atoms with E-state index in [0.29, 0.717) is 16.9 Å². The molecule has 3 heterocycles. The molecule has 5 nitrogen and oxygen atoms in total. The molecule has 3 aromatic rings. The van der Waals surface area contributed by atoms with Crippen LogP contribution in [0.2, 0.25) is 10.3 Å². The minimum Gasteiger partial charge on any atom is -0.378 e. The number of nitrogens with one attached hydrogen (secondary N) is 1. The van der Waals surface area contributed by atoms with Crippen molar-refractivity contribution in [2.24, 2.45) is 0 Å². The first kappa shape index (κ1) is 14.1. The van der Waals surface area contributed by atoms with Gasteiger partial charge in [0.25, 0.3) is 0 Å². The zero-order chi connectivity index (χ0) is 15.0. The highest BCUT2D eigenvalue weighted by molar-refractivity contribution is 6.34. The first-order chi connectivity index (χ1) is 10.0. The predicted molar refractivity (Wildman–Crippen MR) is 84.0 cm³/mol. The van der Waals surface area contributed by atoms with Gasteiger partial charge in [-0.15, -0.1) is 0 Å². The molecule has 0 spiro atoms. The van der Waals surface area contributed by atoms with Crippen LogP contribution in [0, 0.1) is 13.8 Å². The van der Waals surface area contributed by atoms with Crippen LogP contribution in [0.3, 0.4) is 0 Å². The van der Waals surface area contributed by atoms with Gasteiger partial charge >= 0.3 is 0 Å². The van der Waals surface area contributed by atoms with E-state index >= 15 is 0 Å². The molecule has 21 heavy (non-hydrogen) atoms. The van der Waals surface area contributed by atoms with Crippen molar-refractivity contribution in [2.75, 3.05) is 5.32 Å². The fraction of sp³-hybridized carbons (Fsp3) is 0.214. The van der Waals surface area contributed by atoms with Gasteiger partial charge in [-0.05, 0) is 25.5 Å². The van der Waals surface area contributed by atoms with Gasteiger partial charge in [-0.2, -0.15) is 5.10 Å². The summed E-state index contributed by atoms with van der Waals surface area (Å²) in [5.74, 6) is 0. The second kappa shape index (κ2) is 5.50. The lowest BCUT2D eigenvalue weighted by molar-refractivity contribution is 0.895. The number of rotatable bonds is 3. The molecule has 0 atom stereocenters. The summed E-state index contributed by atoms with van der Waals surface area (Å²) in [6, 6.07) is 3.70. The quantitative estimate of drug-likeness (QED) is 0.748. The SMILES string of the molecule is Cc1cc2ncc(CNc3c(C)cc(Cl)nc3Cl)cn2n1. The van der Waals surface area contributed by atoms with Crippen LogP contribution in [-0.2, 0) is 6.54 Å². The lowest BCUT2D eigenvalue weighted by Crippen LogP contribution is -2.05. The fourth-order valence-corrected chi connectivity index (χ4v) is 2.72. The van der Waals surface area contributed by atoms with E-state index in [1.54, 1.807) is 10.6 Å². The zero-order valence-electron chi connectivity index (χ0n) is 11.6. The van der Waals surface area contributed by atoms with Crippen molar-refractivity contribution in [3.05, 3.63) is 51.7 Å². The Morgan fingerprint density at radius 2 is 2.05 bits per heavy atom.